The molecule has 0 unspecified atom stereocenters. The molecule has 1 nitrogen and oxygen atoms in total. The molecule has 1 heterocycles. The molecule has 0 aliphatic rings. The lowest BCUT2D eigenvalue weighted by Crippen LogP contribution is -2.74. The zero-order valence-electron chi connectivity index (χ0n) is 36.1. The summed E-state index contributed by atoms with van der Waals surface area (Å²) in [4.78, 5) is 2.54. The van der Waals surface area contributed by atoms with Crippen molar-refractivity contribution in [2.75, 3.05) is 0 Å². The summed E-state index contributed by atoms with van der Waals surface area (Å²) in [5, 5.41) is 13.5. The van der Waals surface area contributed by atoms with Crippen molar-refractivity contribution < 1.29 is 0 Å². The highest BCUT2D eigenvalue weighted by Gasteiger charge is 2.41. The number of hydrogen-bond donors (Lipinski definition) is 0. The second kappa shape index (κ2) is 19.3. The Kier molecular flexibility index (Phi) is 12.4. The third-order valence-corrected chi connectivity index (χ3v) is 26.3. The standard InChI is InChI=1S/C60H45NP2S2Si/c1-8-22-47(23-9-1)62(48-24-10-2-11-25-48)64-51-38-42-59-57(44-51)58-45-52(65-63(49-26-12-3-13-27-49)50-28-14-4-15-29-50)39-43-60(58)61(59)46-36-40-56(41-37-46)66(53-30-16-5-17-31-53,54-32-18-6-19-33-54)55-34-20-7-21-35-55/h1-45H. The largest absolute Gasteiger partial charge is 0.309 e. The van der Waals surface area contributed by atoms with E-state index in [2.05, 4.69) is 278 Å². The van der Waals surface area contributed by atoms with Gasteiger partial charge in [-0.25, -0.2) is 0 Å². The molecule has 11 rings (SSSR count). The zero-order chi connectivity index (χ0) is 44.1. The zero-order valence-corrected chi connectivity index (χ0v) is 40.6. The van der Waals surface area contributed by atoms with Crippen LogP contribution in [-0.2, 0) is 0 Å². The van der Waals surface area contributed by atoms with Crippen LogP contribution < -0.4 is 42.0 Å². The molecule has 0 amide bonds. The predicted molar refractivity (Wildman–Crippen MR) is 294 cm³/mol. The average molecular weight is 934 g/mol. The first-order valence-corrected chi connectivity index (χ1v) is 29.8. The van der Waals surface area contributed by atoms with Crippen LogP contribution in [0.15, 0.2) is 283 Å². The second-order valence-corrected chi connectivity index (χ2v) is 27.8. The van der Waals surface area contributed by atoms with Gasteiger partial charge >= 0.3 is 0 Å². The van der Waals surface area contributed by atoms with Gasteiger partial charge in [0.15, 0.2) is 8.07 Å². The van der Waals surface area contributed by atoms with Gasteiger partial charge < -0.3 is 4.57 Å². The van der Waals surface area contributed by atoms with Gasteiger partial charge in [-0.2, -0.15) is 0 Å². The fourth-order valence-corrected chi connectivity index (χ4v) is 22.5. The van der Waals surface area contributed by atoms with Crippen molar-refractivity contribution in [2.45, 2.75) is 9.79 Å². The van der Waals surface area contributed by atoms with E-state index >= 15 is 0 Å². The van der Waals surface area contributed by atoms with Gasteiger partial charge in [-0.3, -0.25) is 0 Å². The van der Waals surface area contributed by atoms with E-state index in [1.165, 1.54) is 73.6 Å². The summed E-state index contributed by atoms with van der Waals surface area (Å²) < 4.78 is 2.49. The number of hydrogen-bond acceptors (Lipinski definition) is 2. The van der Waals surface area contributed by atoms with Crippen LogP contribution in [0.5, 0.6) is 0 Å². The lowest BCUT2D eigenvalue weighted by Gasteiger charge is -2.34. The van der Waals surface area contributed by atoms with Crippen molar-refractivity contribution in [3.05, 3.63) is 273 Å². The molecule has 11 aromatic rings. The highest BCUT2D eigenvalue weighted by molar-refractivity contribution is 8.60. The van der Waals surface area contributed by atoms with Crippen molar-refractivity contribution in [3.8, 4) is 5.69 Å². The first kappa shape index (κ1) is 42.4. The van der Waals surface area contributed by atoms with Crippen LogP contribution in [0.2, 0.25) is 0 Å². The minimum absolute atomic E-state index is 0.693. The molecule has 0 radical (unpaired) electrons. The Bertz CT molecular complexity index is 3020. The van der Waals surface area contributed by atoms with Crippen molar-refractivity contribution in [1.82, 2.24) is 4.57 Å². The smallest absolute Gasteiger partial charge is 0.179 e. The van der Waals surface area contributed by atoms with Gasteiger partial charge in [0.1, 0.15) is 0 Å². The van der Waals surface area contributed by atoms with Gasteiger partial charge in [-0.15, -0.1) is 0 Å². The minimum Gasteiger partial charge on any atom is -0.309 e. The van der Waals surface area contributed by atoms with E-state index in [4.69, 9.17) is 0 Å². The highest BCUT2D eigenvalue weighted by atomic mass is 32.7. The Morgan fingerprint density at radius 2 is 0.576 bits per heavy atom. The SMILES string of the molecule is c1ccc(P(Sc2ccc3c(c2)c2cc(SP(c4ccccc4)c4ccccc4)ccc2n3-c2ccc([Si](c3ccccc3)(c3ccccc3)c3ccccc3)cc2)c2ccccc2)cc1. The summed E-state index contributed by atoms with van der Waals surface area (Å²) in [5.74, 6) is 0. The maximum Gasteiger partial charge on any atom is 0.179 e. The molecule has 6 heteroatoms. The summed E-state index contributed by atoms with van der Waals surface area (Å²) in [7, 11) is -4.07. The Morgan fingerprint density at radius 1 is 0.288 bits per heavy atom. The molecule has 10 aromatic carbocycles. The normalized spacial score (nSPS) is 11.7. The maximum atomic E-state index is 2.49. The fraction of sp³-hybridized carbons (Fsp3) is 0. The molecule has 316 valence electrons. The third kappa shape index (κ3) is 8.30. The summed E-state index contributed by atoms with van der Waals surface area (Å²) in [5.41, 5.74) is 3.57. The minimum atomic E-state index is -2.68. The molecule has 1 aromatic heterocycles. The number of rotatable bonds is 13. The van der Waals surface area contributed by atoms with E-state index in [0.717, 1.165) is 5.69 Å². The van der Waals surface area contributed by atoms with Crippen LogP contribution >= 0.6 is 37.0 Å². The summed E-state index contributed by atoms with van der Waals surface area (Å²) in [6, 6.07) is 102. The molecule has 0 aliphatic heterocycles. The Hall–Kier alpha value is -6.22. The molecule has 0 bridgehead atoms. The van der Waals surface area contributed by atoms with Crippen molar-refractivity contribution in [1.29, 1.82) is 0 Å². The number of fused-ring (bicyclic) bond motifs is 3. The lowest BCUT2D eigenvalue weighted by molar-refractivity contribution is 1.18. The summed E-state index contributed by atoms with van der Waals surface area (Å²) in [6.45, 7) is 0. The maximum absolute atomic E-state index is 2.68. The summed E-state index contributed by atoms with van der Waals surface area (Å²) in [6.07, 6.45) is 0. The first-order valence-electron chi connectivity index (χ1n) is 22.3. The average Bonchev–Trinajstić information content (AvgIpc) is 3.72. The van der Waals surface area contributed by atoms with E-state index in [1.807, 2.05) is 22.8 Å². The van der Waals surface area contributed by atoms with E-state index in [9.17, 15) is 0 Å². The van der Waals surface area contributed by atoms with Crippen LogP contribution in [-0.4, -0.2) is 12.6 Å². The van der Waals surface area contributed by atoms with Gasteiger partial charge in [0.2, 0.25) is 0 Å². The van der Waals surface area contributed by atoms with Crippen molar-refractivity contribution >= 4 is 109 Å². The molecule has 0 fully saturated rings. The Balaban J connectivity index is 1.07. The van der Waals surface area contributed by atoms with Gasteiger partial charge in [0.05, 0.1) is 11.0 Å². The second-order valence-electron chi connectivity index (χ2n) is 16.2. The highest BCUT2D eigenvalue weighted by Crippen LogP contribution is 2.54. The fourth-order valence-electron chi connectivity index (χ4n) is 9.27. The van der Waals surface area contributed by atoms with E-state index in [-0.39, 0.29) is 0 Å². The molecule has 66 heavy (non-hydrogen) atoms. The number of nitrogens with zero attached hydrogens (tertiary/aromatic N) is 1. The molecule has 0 atom stereocenters. The number of aromatic nitrogens is 1. The summed E-state index contributed by atoms with van der Waals surface area (Å²) >= 11 is 3.98. The van der Waals surface area contributed by atoms with Gasteiger partial charge in [-0.05, 0) is 90.5 Å². The van der Waals surface area contributed by atoms with Crippen LogP contribution in [0.3, 0.4) is 0 Å². The van der Waals surface area contributed by atoms with Gasteiger partial charge in [0, 0.05) is 40.5 Å². The molecule has 0 saturated carbocycles. The predicted octanol–water partition coefficient (Wildman–Crippen LogP) is 12.4. The quantitative estimate of drug-likeness (QED) is 0.0645. The Labute approximate surface area is 399 Å². The molecule has 0 N–H and O–H groups in total. The van der Waals surface area contributed by atoms with Crippen molar-refractivity contribution in [2.24, 2.45) is 0 Å². The lowest BCUT2D eigenvalue weighted by atomic mass is 10.1. The Morgan fingerprint density at radius 3 is 0.894 bits per heavy atom. The topological polar surface area (TPSA) is 4.93 Å². The third-order valence-electron chi connectivity index (χ3n) is 12.2. The van der Waals surface area contributed by atoms with Gasteiger partial charge in [0.25, 0.3) is 0 Å². The molecule has 0 aliphatic carbocycles. The van der Waals surface area contributed by atoms with Crippen molar-refractivity contribution in [3.63, 3.8) is 0 Å². The van der Waals surface area contributed by atoms with E-state index in [0.29, 0.717) is 0 Å². The molecule has 0 spiro atoms. The molecular formula is C60H45NP2S2Si. The molecule has 0 saturated heterocycles. The monoisotopic (exact) mass is 933 g/mol. The number of benzene rings is 10. The van der Waals surface area contributed by atoms with Crippen LogP contribution in [0.4, 0.5) is 0 Å². The van der Waals surface area contributed by atoms with Crippen LogP contribution in [0.1, 0.15) is 0 Å². The first-order chi connectivity index (χ1) is 32.7. The van der Waals surface area contributed by atoms with Gasteiger partial charge in [-0.1, -0.05) is 247 Å². The van der Waals surface area contributed by atoms with E-state index < -0.39 is 22.3 Å². The van der Waals surface area contributed by atoms with Crippen LogP contribution in [0.25, 0.3) is 27.5 Å². The molecular weight excluding hydrogens is 889 g/mol. The van der Waals surface area contributed by atoms with Crippen LogP contribution in [0, 0.1) is 0 Å². The van der Waals surface area contributed by atoms with E-state index in [1.54, 1.807) is 0 Å².